The predicted octanol–water partition coefficient (Wildman–Crippen LogP) is 2.72. The van der Waals surface area contributed by atoms with Crippen molar-refractivity contribution in [3.8, 4) is 11.3 Å². The van der Waals surface area contributed by atoms with Gasteiger partial charge in [0.1, 0.15) is 17.1 Å². The fourth-order valence-electron chi connectivity index (χ4n) is 4.21. The summed E-state index contributed by atoms with van der Waals surface area (Å²) in [6, 6.07) is 13.3. The Bertz CT molecular complexity index is 915. The van der Waals surface area contributed by atoms with E-state index in [1.54, 1.807) is 6.92 Å². The number of carbonyl (C=O) groups excluding carboxylic acids is 3. The first-order valence-corrected chi connectivity index (χ1v) is 10.0. The number of hydrogen-bond donors (Lipinski definition) is 2. The summed E-state index contributed by atoms with van der Waals surface area (Å²) in [5.41, 5.74) is 0.137. The van der Waals surface area contributed by atoms with Crippen LogP contribution in [0, 0.1) is 5.92 Å². The maximum absolute atomic E-state index is 12.6. The lowest BCUT2D eigenvalue weighted by Gasteiger charge is -2.38. The van der Waals surface area contributed by atoms with Crippen LogP contribution < -0.4 is 10.6 Å². The van der Waals surface area contributed by atoms with E-state index >= 15 is 0 Å². The lowest BCUT2D eigenvalue weighted by atomic mass is 9.79. The molecule has 152 valence electrons. The van der Waals surface area contributed by atoms with Gasteiger partial charge in [-0.15, -0.1) is 0 Å². The largest absolute Gasteiger partial charge is 0.461 e. The molecule has 2 fully saturated rings. The number of aryl methyl sites for hydroxylation is 1. The van der Waals surface area contributed by atoms with Crippen LogP contribution in [0.25, 0.3) is 11.3 Å². The quantitative estimate of drug-likeness (QED) is 0.762. The minimum Gasteiger partial charge on any atom is -0.461 e. The van der Waals surface area contributed by atoms with Crippen molar-refractivity contribution in [1.82, 2.24) is 15.5 Å². The third-order valence-corrected chi connectivity index (χ3v) is 6.04. The van der Waals surface area contributed by atoms with Crippen LogP contribution in [0.5, 0.6) is 0 Å². The molecule has 2 saturated heterocycles. The van der Waals surface area contributed by atoms with Gasteiger partial charge in [0, 0.05) is 31.5 Å². The number of nitrogens with one attached hydrogen (secondary N) is 2. The lowest BCUT2D eigenvalue weighted by Crippen LogP contribution is -2.54. The van der Waals surface area contributed by atoms with E-state index in [4.69, 9.17) is 4.42 Å². The monoisotopic (exact) mass is 395 g/mol. The number of benzene rings is 1. The molecule has 7 heteroatoms. The second-order valence-corrected chi connectivity index (χ2v) is 7.90. The van der Waals surface area contributed by atoms with E-state index in [1.807, 2.05) is 47.4 Å². The molecule has 2 aliphatic rings. The van der Waals surface area contributed by atoms with Crippen molar-refractivity contribution in [2.45, 2.75) is 38.1 Å². The molecule has 0 radical (unpaired) electrons. The molecule has 0 bridgehead atoms. The number of likely N-dealkylation sites (tertiary alicyclic amines) is 1. The minimum atomic E-state index is -0.881. The Morgan fingerprint density at radius 2 is 1.86 bits per heavy atom. The van der Waals surface area contributed by atoms with E-state index in [0.29, 0.717) is 38.8 Å². The first-order chi connectivity index (χ1) is 14.0. The van der Waals surface area contributed by atoms with Crippen LogP contribution in [0.1, 0.15) is 31.9 Å². The number of rotatable bonds is 5. The van der Waals surface area contributed by atoms with Gasteiger partial charge in [-0.2, -0.15) is 0 Å². The highest BCUT2D eigenvalue weighted by Crippen LogP contribution is 2.31. The zero-order valence-electron chi connectivity index (χ0n) is 16.4. The number of piperidine rings is 1. The zero-order chi connectivity index (χ0) is 20.4. The van der Waals surface area contributed by atoms with Gasteiger partial charge in [-0.1, -0.05) is 30.3 Å². The van der Waals surface area contributed by atoms with Gasteiger partial charge < -0.3 is 14.6 Å². The highest BCUT2D eigenvalue weighted by atomic mass is 16.3. The Balaban J connectivity index is 1.28. The van der Waals surface area contributed by atoms with Gasteiger partial charge in [0.25, 0.3) is 5.91 Å². The third kappa shape index (κ3) is 3.90. The Labute approximate surface area is 169 Å². The standard InChI is InChI=1S/C22H25N3O4/c1-22(20(27)23-21(28)24-22)16-11-13-25(14-12-16)19(26)10-8-17-7-9-18(29-17)15-5-3-2-4-6-15/h2-7,9,16H,8,10-14H2,1H3,(H2,23,24,27,28). The van der Waals surface area contributed by atoms with Crippen LogP contribution in [0.4, 0.5) is 4.79 Å². The zero-order valence-corrected chi connectivity index (χ0v) is 16.4. The summed E-state index contributed by atoms with van der Waals surface area (Å²) in [6.45, 7) is 2.95. The lowest BCUT2D eigenvalue weighted by molar-refractivity contribution is -0.133. The van der Waals surface area contributed by atoms with Crippen LogP contribution in [0.2, 0.25) is 0 Å². The highest BCUT2D eigenvalue weighted by Gasteiger charge is 2.48. The molecule has 1 atom stereocenters. The number of urea groups is 1. The van der Waals surface area contributed by atoms with Crippen molar-refractivity contribution < 1.29 is 18.8 Å². The number of carbonyl (C=O) groups is 3. The number of imide groups is 1. The topological polar surface area (TPSA) is 91.7 Å². The molecular weight excluding hydrogens is 370 g/mol. The Morgan fingerprint density at radius 3 is 2.52 bits per heavy atom. The normalized spacial score (nSPS) is 22.4. The highest BCUT2D eigenvalue weighted by molar-refractivity contribution is 6.07. The maximum atomic E-state index is 12.6. The first-order valence-electron chi connectivity index (χ1n) is 10.0. The number of furan rings is 1. The molecular formula is C22H25N3O4. The molecule has 2 aromatic rings. The van der Waals surface area contributed by atoms with Gasteiger partial charge in [-0.25, -0.2) is 4.79 Å². The van der Waals surface area contributed by atoms with Gasteiger partial charge in [-0.3, -0.25) is 14.9 Å². The summed E-state index contributed by atoms with van der Waals surface area (Å²) in [4.78, 5) is 38.0. The van der Waals surface area contributed by atoms with Gasteiger partial charge in [-0.05, 0) is 37.8 Å². The van der Waals surface area contributed by atoms with Crippen LogP contribution >= 0.6 is 0 Å². The van der Waals surface area contributed by atoms with E-state index in [2.05, 4.69) is 10.6 Å². The van der Waals surface area contributed by atoms with Crippen molar-refractivity contribution in [2.75, 3.05) is 13.1 Å². The summed E-state index contributed by atoms with van der Waals surface area (Å²) >= 11 is 0. The van der Waals surface area contributed by atoms with Crippen LogP contribution in [0.3, 0.4) is 0 Å². The minimum absolute atomic E-state index is 0.0245. The molecule has 0 spiro atoms. The number of hydrogen-bond acceptors (Lipinski definition) is 4. The van der Waals surface area contributed by atoms with Crippen molar-refractivity contribution in [2.24, 2.45) is 5.92 Å². The Kier molecular flexibility index (Phi) is 5.13. The summed E-state index contributed by atoms with van der Waals surface area (Å²) < 4.78 is 5.87. The fourth-order valence-corrected chi connectivity index (χ4v) is 4.21. The van der Waals surface area contributed by atoms with Crippen molar-refractivity contribution in [3.63, 3.8) is 0 Å². The van der Waals surface area contributed by atoms with E-state index < -0.39 is 11.6 Å². The summed E-state index contributed by atoms with van der Waals surface area (Å²) in [6.07, 6.45) is 2.33. The van der Waals surface area contributed by atoms with Crippen LogP contribution in [0.15, 0.2) is 46.9 Å². The smallest absolute Gasteiger partial charge is 0.322 e. The van der Waals surface area contributed by atoms with Crippen molar-refractivity contribution in [1.29, 1.82) is 0 Å². The van der Waals surface area contributed by atoms with Gasteiger partial charge >= 0.3 is 6.03 Å². The average Bonchev–Trinajstić information content (AvgIpc) is 3.31. The van der Waals surface area contributed by atoms with Gasteiger partial charge in [0.2, 0.25) is 5.91 Å². The molecule has 7 nitrogen and oxygen atoms in total. The molecule has 3 heterocycles. The molecule has 1 aromatic heterocycles. The van der Waals surface area contributed by atoms with E-state index in [-0.39, 0.29) is 17.7 Å². The number of amides is 4. The number of nitrogens with zero attached hydrogens (tertiary/aromatic N) is 1. The first kappa shape index (κ1) is 19.2. The molecule has 4 rings (SSSR count). The molecule has 0 aliphatic carbocycles. The second kappa shape index (κ2) is 7.73. The maximum Gasteiger partial charge on any atom is 0.322 e. The SMILES string of the molecule is CC1(C2CCN(C(=O)CCc3ccc(-c4ccccc4)o3)CC2)NC(=O)NC1=O. The summed E-state index contributed by atoms with van der Waals surface area (Å²) in [5.74, 6) is 1.44. The van der Waals surface area contributed by atoms with Gasteiger partial charge in [0.15, 0.2) is 0 Å². The molecule has 4 amide bonds. The predicted molar refractivity (Wildman–Crippen MR) is 107 cm³/mol. The molecule has 2 aliphatic heterocycles. The van der Waals surface area contributed by atoms with Crippen molar-refractivity contribution in [3.05, 3.63) is 48.2 Å². The fraction of sp³-hybridized carbons (Fsp3) is 0.409. The third-order valence-electron chi connectivity index (χ3n) is 6.04. The van der Waals surface area contributed by atoms with E-state index in [9.17, 15) is 14.4 Å². The Hall–Kier alpha value is -3.09. The summed E-state index contributed by atoms with van der Waals surface area (Å²) in [5, 5.41) is 5.05. The molecule has 29 heavy (non-hydrogen) atoms. The van der Waals surface area contributed by atoms with Crippen LogP contribution in [-0.2, 0) is 16.0 Å². The van der Waals surface area contributed by atoms with E-state index in [0.717, 1.165) is 17.1 Å². The Morgan fingerprint density at radius 1 is 1.14 bits per heavy atom. The summed E-state index contributed by atoms with van der Waals surface area (Å²) in [7, 11) is 0. The van der Waals surface area contributed by atoms with E-state index in [1.165, 1.54) is 0 Å². The average molecular weight is 395 g/mol. The van der Waals surface area contributed by atoms with Crippen LogP contribution in [-0.4, -0.2) is 41.4 Å². The molecule has 0 saturated carbocycles. The van der Waals surface area contributed by atoms with Gasteiger partial charge in [0.05, 0.1) is 0 Å². The second-order valence-electron chi connectivity index (χ2n) is 7.90. The molecule has 1 aromatic carbocycles. The molecule has 1 unspecified atom stereocenters. The van der Waals surface area contributed by atoms with Crippen molar-refractivity contribution >= 4 is 17.8 Å². The molecule has 2 N–H and O–H groups in total.